The smallest absolute Gasteiger partial charge is 0.126 e. The number of hydrogen-bond acceptors (Lipinski definition) is 2. The maximum atomic E-state index is 13.1. The van der Waals surface area contributed by atoms with Gasteiger partial charge in [-0.3, -0.25) is 11.3 Å². The van der Waals surface area contributed by atoms with Gasteiger partial charge in [-0.25, -0.2) is 4.39 Å². The minimum Gasteiger partial charge on any atom is -0.271 e. The molecule has 0 spiro atoms. The fourth-order valence-corrected chi connectivity index (χ4v) is 1.75. The molecule has 0 saturated heterocycles. The van der Waals surface area contributed by atoms with Crippen LogP contribution in [0.1, 0.15) is 43.9 Å². The first kappa shape index (κ1) is 13.1. The van der Waals surface area contributed by atoms with Gasteiger partial charge < -0.3 is 0 Å². The van der Waals surface area contributed by atoms with Gasteiger partial charge in [0.05, 0.1) is 0 Å². The Morgan fingerprint density at radius 3 is 2.62 bits per heavy atom. The molecule has 0 aliphatic carbocycles. The minimum atomic E-state index is -0.164. The van der Waals surface area contributed by atoms with Crippen molar-refractivity contribution < 1.29 is 4.39 Å². The van der Waals surface area contributed by atoms with Crippen LogP contribution >= 0.6 is 0 Å². The van der Waals surface area contributed by atoms with Crippen LogP contribution in [0.15, 0.2) is 18.2 Å². The molecule has 2 atom stereocenters. The van der Waals surface area contributed by atoms with E-state index in [1.54, 1.807) is 13.0 Å². The van der Waals surface area contributed by atoms with E-state index in [1.165, 1.54) is 6.07 Å². The van der Waals surface area contributed by atoms with Crippen LogP contribution < -0.4 is 11.3 Å². The Bertz CT molecular complexity index is 339. The lowest BCUT2D eigenvalue weighted by Crippen LogP contribution is -2.29. The van der Waals surface area contributed by atoms with Crippen molar-refractivity contribution in [3.63, 3.8) is 0 Å². The van der Waals surface area contributed by atoms with E-state index in [9.17, 15) is 4.39 Å². The van der Waals surface area contributed by atoms with E-state index >= 15 is 0 Å². The number of aryl methyl sites for hydroxylation is 1. The first-order chi connectivity index (χ1) is 7.58. The lowest BCUT2D eigenvalue weighted by molar-refractivity contribution is 0.407. The summed E-state index contributed by atoms with van der Waals surface area (Å²) in [6.07, 6.45) is 2.09. The van der Waals surface area contributed by atoms with Gasteiger partial charge in [0.15, 0.2) is 0 Å². The van der Waals surface area contributed by atoms with Crippen molar-refractivity contribution in [3.05, 3.63) is 35.1 Å². The number of benzene rings is 1. The van der Waals surface area contributed by atoms with Crippen LogP contribution in [-0.4, -0.2) is 0 Å². The molecule has 16 heavy (non-hydrogen) atoms. The molecule has 1 aromatic rings. The predicted octanol–water partition coefficient (Wildman–Crippen LogP) is 3.07. The summed E-state index contributed by atoms with van der Waals surface area (Å²) >= 11 is 0. The summed E-state index contributed by atoms with van der Waals surface area (Å²) in [5.41, 5.74) is 4.53. The highest BCUT2D eigenvalue weighted by molar-refractivity contribution is 5.26. The molecule has 0 fully saturated rings. The van der Waals surface area contributed by atoms with E-state index in [1.807, 2.05) is 6.07 Å². The van der Waals surface area contributed by atoms with Crippen LogP contribution in [0, 0.1) is 18.7 Å². The summed E-state index contributed by atoms with van der Waals surface area (Å²) in [6, 6.07) is 5.28. The first-order valence-corrected chi connectivity index (χ1v) is 5.80. The molecule has 3 heteroatoms. The maximum absolute atomic E-state index is 13.1. The second-order valence-corrected chi connectivity index (χ2v) is 4.48. The van der Waals surface area contributed by atoms with Crippen LogP contribution in [0.2, 0.25) is 0 Å². The summed E-state index contributed by atoms with van der Waals surface area (Å²) in [5, 5.41) is 0. The highest BCUT2D eigenvalue weighted by atomic mass is 19.1. The van der Waals surface area contributed by atoms with E-state index in [4.69, 9.17) is 5.84 Å². The Hall–Kier alpha value is -0.930. The van der Waals surface area contributed by atoms with Gasteiger partial charge in [-0.15, -0.1) is 0 Å². The second kappa shape index (κ2) is 5.97. The molecule has 2 nitrogen and oxygen atoms in total. The first-order valence-electron chi connectivity index (χ1n) is 5.80. The van der Waals surface area contributed by atoms with Gasteiger partial charge in [0.25, 0.3) is 0 Å². The topological polar surface area (TPSA) is 38.0 Å². The molecule has 0 bridgehead atoms. The Balaban J connectivity index is 2.82. The monoisotopic (exact) mass is 224 g/mol. The van der Waals surface area contributed by atoms with E-state index in [0.29, 0.717) is 11.5 Å². The predicted molar refractivity (Wildman–Crippen MR) is 65.3 cm³/mol. The van der Waals surface area contributed by atoms with Gasteiger partial charge in [-0.1, -0.05) is 32.4 Å². The Morgan fingerprint density at radius 2 is 2.12 bits per heavy atom. The number of rotatable bonds is 5. The van der Waals surface area contributed by atoms with Crippen molar-refractivity contribution in [2.24, 2.45) is 11.8 Å². The number of hydrazine groups is 1. The number of nitrogens with one attached hydrogen (secondary N) is 1. The van der Waals surface area contributed by atoms with Gasteiger partial charge >= 0.3 is 0 Å². The Labute approximate surface area is 97.0 Å². The third-order valence-electron chi connectivity index (χ3n) is 3.12. The Morgan fingerprint density at radius 1 is 1.44 bits per heavy atom. The largest absolute Gasteiger partial charge is 0.271 e. The number of halogens is 1. The lowest BCUT2D eigenvalue weighted by atomic mass is 9.94. The zero-order chi connectivity index (χ0) is 12.1. The molecule has 2 unspecified atom stereocenters. The standard InChI is InChI=1S/C13H21FN2/c1-4-9(2)7-13(16-15)11-5-6-12(14)10(3)8-11/h5-6,8-9,13,16H,4,7,15H2,1-3H3. The summed E-state index contributed by atoms with van der Waals surface area (Å²) in [5.74, 6) is 5.99. The molecule has 0 aliphatic heterocycles. The molecule has 90 valence electrons. The Kier molecular flexibility index (Phi) is 4.90. The van der Waals surface area contributed by atoms with Crippen molar-refractivity contribution in [1.29, 1.82) is 0 Å². The molecule has 0 aromatic heterocycles. The molecular weight excluding hydrogens is 203 g/mol. The molecule has 0 saturated carbocycles. The van der Waals surface area contributed by atoms with Gasteiger partial charge in [0.2, 0.25) is 0 Å². The SMILES string of the molecule is CCC(C)CC(NN)c1ccc(F)c(C)c1. The highest BCUT2D eigenvalue weighted by Gasteiger charge is 2.13. The van der Waals surface area contributed by atoms with Crippen LogP contribution in [0.3, 0.4) is 0 Å². The van der Waals surface area contributed by atoms with Crippen LogP contribution in [-0.2, 0) is 0 Å². The molecule has 0 amide bonds. The zero-order valence-corrected chi connectivity index (χ0v) is 10.3. The van der Waals surface area contributed by atoms with E-state index in [0.717, 1.165) is 18.4 Å². The highest BCUT2D eigenvalue weighted by Crippen LogP contribution is 2.23. The summed E-state index contributed by atoms with van der Waals surface area (Å²) in [6.45, 7) is 6.13. The quantitative estimate of drug-likeness (QED) is 0.596. The normalized spacial score (nSPS) is 14.8. The van der Waals surface area contributed by atoms with Crippen molar-refractivity contribution in [2.45, 2.75) is 39.7 Å². The van der Waals surface area contributed by atoms with Gasteiger partial charge in [0, 0.05) is 6.04 Å². The average Bonchev–Trinajstić information content (AvgIpc) is 2.29. The minimum absolute atomic E-state index is 0.106. The molecule has 0 aliphatic rings. The average molecular weight is 224 g/mol. The van der Waals surface area contributed by atoms with Crippen LogP contribution in [0.4, 0.5) is 4.39 Å². The maximum Gasteiger partial charge on any atom is 0.126 e. The number of hydrogen-bond donors (Lipinski definition) is 2. The summed E-state index contributed by atoms with van der Waals surface area (Å²) in [4.78, 5) is 0. The number of nitrogens with two attached hydrogens (primary N) is 1. The third-order valence-corrected chi connectivity index (χ3v) is 3.12. The van der Waals surface area contributed by atoms with Crippen molar-refractivity contribution in [1.82, 2.24) is 5.43 Å². The molecule has 0 radical (unpaired) electrons. The van der Waals surface area contributed by atoms with Gasteiger partial charge in [-0.2, -0.15) is 0 Å². The fourth-order valence-electron chi connectivity index (χ4n) is 1.75. The molecule has 0 heterocycles. The van der Waals surface area contributed by atoms with Gasteiger partial charge in [-0.05, 0) is 36.5 Å². The summed E-state index contributed by atoms with van der Waals surface area (Å²) in [7, 11) is 0. The fraction of sp³-hybridized carbons (Fsp3) is 0.538. The summed E-state index contributed by atoms with van der Waals surface area (Å²) < 4.78 is 13.1. The second-order valence-electron chi connectivity index (χ2n) is 4.48. The van der Waals surface area contributed by atoms with Crippen molar-refractivity contribution >= 4 is 0 Å². The van der Waals surface area contributed by atoms with E-state index < -0.39 is 0 Å². The van der Waals surface area contributed by atoms with Crippen LogP contribution in [0.25, 0.3) is 0 Å². The van der Waals surface area contributed by atoms with E-state index in [-0.39, 0.29) is 11.9 Å². The van der Waals surface area contributed by atoms with Crippen molar-refractivity contribution in [3.8, 4) is 0 Å². The lowest BCUT2D eigenvalue weighted by Gasteiger charge is -2.20. The third kappa shape index (κ3) is 3.29. The van der Waals surface area contributed by atoms with Crippen LogP contribution in [0.5, 0.6) is 0 Å². The van der Waals surface area contributed by atoms with Gasteiger partial charge in [0.1, 0.15) is 5.82 Å². The molecule has 3 N–H and O–H groups in total. The zero-order valence-electron chi connectivity index (χ0n) is 10.3. The van der Waals surface area contributed by atoms with Crippen molar-refractivity contribution in [2.75, 3.05) is 0 Å². The molecule has 1 rings (SSSR count). The molecular formula is C13H21FN2. The molecule has 1 aromatic carbocycles. The van der Waals surface area contributed by atoms with E-state index in [2.05, 4.69) is 19.3 Å².